The van der Waals surface area contributed by atoms with Gasteiger partial charge in [-0.05, 0) is 49.8 Å². The van der Waals surface area contributed by atoms with Crippen LogP contribution in [0.4, 0.5) is 0 Å². The lowest BCUT2D eigenvalue weighted by Crippen LogP contribution is -2.31. The average molecular weight is 358 g/mol. The molecule has 2 unspecified atom stereocenters. The van der Waals surface area contributed by atoms with Crippen LogP contribution in [0.1, 0.15) is 81.8 Å². The standard InChI is InChI=1S/C24H39NO/c1-3-5-7-8-9-10-12-21-13-15-22(16-14-21)23-17-18-25-24(23)20-26-19-11-6-4-2/h4,13-16,23-25H,2-3,5-12,17-20H2,1H3. The molecule has 1 aromatic rings. The van der Waals surface area contributed by atoms with Crippen LogP contribution in [0.15, 0.2) is 36.9 Å². The van der Waals surface area contributed by atoms with Crippen LogP contribution in [0.25, 0.3) is 0 Å². The van der Waals surface area contributed by atoms with Crippen LogP contribution in [0, 0.1) is 0 Å². The van der Waals surface area contributed by atoms with Crippen molar-refractivity contribution in [2.24, 2.45) is 0 Å². The molecule has 0 radical (unpaired) electrons. The maximum atomic E-state index is 5.88. The Hall–Kier alpha value is -1.12. The zero-order valence-corrected chi connectivity index (χ0v) is 16.8. The third kappa shape index (κ3) is 7.63. The van der Waals surface area contributed by atoms with Crippen molar-refractivity contribution in [3.05, 3.63) is 48.0 Å². The summed E-state index contributed by atoms with van der Waals surface area (Å²) in [5.41, 5.74) is 2.97. The fourth-order valence-corrected chi connectivity index (χ4v) is 3.92. The molecule has 146 valence electrons. The van der Waals surface area contributed by atoms with Crippen LogP contribution in [-0.4, -0.2) is 25.8 Å². The molecule has 0 aliphatic carbocycles. The fraction of sp³-hybridized carbons (Fsp3) is 0.667. The van der Waals surface area contributed by atoms with E-state index >= 15 is 0 Å². The Morgan fingerprint density at radius 3 is 2.62 bits per heavy atom. The van der Waals surface area contributed by atoms with Crippen molar-refractivity contribution in [3.63, 3.8) is 0 Å². The van der Waals surface area contributed by atoms with Gasteiger partial charge in [0.25, 0.3) is 0 Å². The molecule has 0 bridgehead atoms. The van der Waals surface area contributed by atoms with Crippen molar-refractivity contribution in [1.29, 1.82) is 0 Å². The highest BCUT2D eigenvalue weighted by molar-refractivity contribution is 5.27. The smallest absolute Gasteiger partial charge is 0.0625 e. The van der Waals surface area contributed by atoms with Gasteiger partial charge in [0, 0.05) is 18.6 Å². The Balaban J connectivity index is 1.71. The number of benzene rings is 1. The second-order valence-corrected chi connectivity index (χ2v) is 7.72. The first-order chi connectivity index (χ1) is 12.8. The summed E-state index contributed by atoms with van der Waals surface area (Å²) in [5, 5.41) is 3.62. The first-order valence-electron chi connectivity index (χ1n) is 10.9. The third-order valence-corrected chi connectivity index (χ3v) is 5.57. The lowest BCUT2D eigenvalue weighted by molar-refractivity contribution is 0.110. The van der Waals surface area contributed by atoms with E-state index in [0.717, 1.165) is 32.6 Å². The molecule has 1 saturated heterocycles. The normalized spacial score (nSPS) is 19.7. The molecule has 26 heavy (non-hydrogen) atoms. The van der Waals surface area contributed by atoms with E-state index in [9.17, 15) is 0 Å². The van der Waals surface area contributed by atoms with Crippen LogP contribution in [-0.2, 0) is 11.2 Å². The maximum absolute atomic E-state index is 5.88. The largest absolute Gasteiger partial charge is 0.380 e. The summed E-state index contributed by atoms with van der Waals surface area (Å²) in [5.74, 6) is 0.595. The molecule has 2 atom stereocenters. The van der Waals surface area contributed by atoms with Crippen LogP contribution in [0.2, 0.25) is 0 Å². The van der Waals surface area contributed by atoms with Crippen LogP contribution < -0.4 is 5.32 Å². The van der Waals surface area contributed by atoms with Gasteiger partial charge >= 0.3 is 0 Å². The van der Waals surface area contributed by atoms with Gasteiger partial charge in [0.15, 0.2) is 0 Å². The van der Waals surface area contributed by atoms with Crippen molar-refractivity contribution < 1.29 is 4.74 Å². The summed E-state index contributed by atoms with van der Waals surface area (Å²) in [6.45, 7) is 8.80. The van der Waals surface area contributed by atoms with Crippen LogP contribution in [0.3, 0.4) is 0 Å². The molecule has 0 saturated carbocycles. The van der Waals surface area contributed by atoms with Gasteiger partial charge in [-0.1, -0.05) is 69.4 Å². The minimum Gasteiger partial charge on any atom is -0.380 e. The van der Waals surface area contributed by atoms with E-state index in [0.29, 0.717) is 12.0 Å². The van der Waals surface area contributed by atoms with Crippen molar-refractivity contribution in [3.8, 4) is 0 Å². The Morgan fingerprint density at radius 2 is 1.85 bits per heavy atom. The minimum atomic E-state index is 0.461. The van der Waals surface area contributed by atoms with Gasteiger partial charge < -0.3 is 10.1 Å². The van der Waals surface area contributed by atoms with Crippen molar-refractivity contribution in [1.82, 2.24) is 5.32 Å². The number of hydrogen-bond donors (Lipinski definition) is 1. The van der Waals surface area contributed by atoms with E-state index in [1.807, 2.05) is 6.08 Å². The zero-order valence-electron chi connectivity index (χ0n) is 16.8. The SMILES string of the molecule is C=CCCCOCC1NCCC1c1ccc(CCCCCCCC)cc1. The first kappa shape index (κ1) is 21.2. The molecule has 0 aromatic heterocycles. The number of unbranched alkanes of at least 4 members (excludes halogenated alkanes) is 6. The van der Waals surface area contributed by atoms with E-state index in [1.165, 1.54) is 62.5 Å². The molecule has 2 heteroatoms. The summed E-state index contributed by atoms with van der Waals surface area (Å²) in [4.78, 5) is 0. The lowest BCUT2D eigenvalue weighted by atomic mass is 9.91. The predicted octanol–water partition coefficient (Wildman–Crippen LogP) is 6.02. The van der Waals surface area contributed by atoms with Gasteiger partial charge in [-0.3, -0.25) is 0 Å². The highest BCUT2D eigenvalue weighted by Crippen LogP contribution is 2.28. The van der Waals surface area contributed by atoms with Gasteiger partial charge in [0.1, 0.15) is 0 Å². The Kier molecular flexibility index (Phi) is 10.7. The van der Waals surface area contributed by atoms with Crippen molar-refractivity contribution in [2.45, 2.75) is 83.1 Å². The predicted molar refractivity (Wildman–Crippen MR) is 113 cm³/mol. The summed E-state index contributed by atoms with van der Waals surface area (Å²) < 4.78 is 5.88. The van der Waals surface area contributed by atoms with Gasteiger partial charge in [-0.15, -0.1) is 6.58 Å². The van der Waals surface area contributed by atoms with Gasteiger partial charge in [0.05, 0.1) is 6.61 Å². The topological polar surface area (TPSA) is 21.3 Å². The summed E-state index contributed by atoms with van der Waals surface area (Å²) in [6, 6.07) is 9.87. The maximum Gasteiger partial charge on any atom is 0.0625 e. The molecular formula is C24H39NO. The third-order valence-electron chi connectivity index (χ3n) is 5.57. The van der Waals surface area contributed by atoms with Gasteiger partial charge in [-0.25, -0.2) is 0 Å². The van der Waals surface area contributed by atoms with Crippen LogP contribution >= 0.6 is 0 Å². The van der Waals surface area contributed by atoms with Crippen molar-refractivity contribution >= 4 is 0 Å². The molecule has 1 aromatic carbocycles. The average Bonchev–Trinajstić information content (AvgIpc) is 3.13. The number of allylic oxidation sites excluding steroid dienone is 1. The van der Waals surface area contributed by atoms with Crippen molar-refractivity contribution in [2.75, 3.05) is 19.8 Å². The minimum absolute atomic E-state index is 0.461. The molecule has 2 nitrogen and oxygen atoms in total. The van der Waals surface area contributed by atoms with E-state index in [2.05, 4.69) is 43.1 Å². The molecule has 0 spiro atoms. The molecule has 1 fully saturated rings. The lowest BCUT2D eigenvalue weighted by Gasteiger charge is -2.20. The molecule has 1 aliphatic rings. The number of hydrogen-bond acceptors (Lipinski definition) is 2. The molecule has 2 rings (SSSR count). The zero-order chi connectivity index (χ0) is 18.5. The first-order valence-corrected chi connectivity index (χ1v) is 10.9. The van der Waals surface area contributed by atoms with E-state index in [1.54, 1.807) is 0 Å². The highest BCUT2D eigenvalue weighted by atomic mass is 16.5. The monoisotopic (exact) mass is 357 g/mol. The second kappa shape index (κ2) is 13.1. The quantitative estimate of drug-likeness (QED) is 0.325. The molecule has 0 amide bonds. The Labute approximate surface area is 161 Å². The van der Waals surface area contributed by atoms with Crippen LogP contribution in [0.5, 0.6) is 0 Å². The van der Waals surface area contributed by atoms with Gasteiger partial charge in [0.2, 0.25) is 0 Å². The number of ether oxygens (including phenoxy) is 1. The summed E-state index contributed by atoms with van der Waals surface area (Å²) >= 11 is 0. The van der Waals surface area contributed by atoms with E-state index < -0.39 is 0 Å². The van der Waals surface area contributed by atoms with Gasteiger partial charge in [-0.2, -0.15) is 0 Å². The summed E-state index contributed by atoms with van der Waals surface area (Å²) in [7, 11) is 0. The number of rotatable bonds is 14. The molecule has 1 heterocycles. The molecular weight excluding hydrogens is 318 g/mol. The molecule has 1 N–H and O–H groups in total. The number of aryl methyl sites for hydroxylation is 1. The molecule has 1 aliphatic heterocycles. The summed E-state index contributed by atoms with van der Waals surface area (Å²) in [6.07, 6.45) is 14.8. The van der Waals surface area contributed by atoms with E-state index in [4.69, 9.17) is 4.74 Å². The Bertz CT molecular complexity index is 481. The Morgan fingerprint density at radius 1 is 1.08 bits per heavy atom. The highest BCUT2D eigenvalue weighted by Gasteiger charge is 2.28. The second-order valence-electron chi connectivity index (χ2n) is 7.72. The fourth-order valence-electron chi connectivity index (χ4n) is 3.92. The number of nitrogens with one attached hydrogen (secondary N) is 1. The van der Waals surface area contributed by atoms with E-state index in [-0.39, 0.29) is 0 Å².